The summed E-state index contributed by atoms with van der Waals surface area (Å²) in [5.74, 6) is -1.69. The Morgan fingerprint density at radius 2 is 2.12 bits per heavy atom. The molecule has 0 spiro atoms. The Bertz CT molecular complexity index is 769. The number of amides is 1. The van der Waals surface area contributed by atoms with Crippen LogP contribution in [0.25, 0.3) is 5.69 Å². The maximum Gasteiger partial charge on any atom is 0.320 e. The average Bonchev–Trinajstić information content (AvgIpc) is 2.94. The highest BCUT2D eigenvalue weighted by molar-refractivity contribution is 5.93. The highest BCUT2D eigenvalue weighted by Gasteiger charge is 2.19. The van der Waals surface area contributed by atoms with E-state index in [0.29, 0.717) is 11.5 Å². The fourth-order valence-electron chi connectivity index (χ4n) is 1.95. The Morgan fingerprint density at radius 1 is 1.44 bits per heavy atom. The van der Waals surface area contributed by atoms with Crippen molar-refractivity contribution in [3.05, 3.63) is 29.8 Å². The van der Waals surface area contributed by atoms with Gasteiger partial charge in [0.25, 0.3) is 0 Å². The van der Waals surface area contributed by atoms with Crippen LogP contribution in [0.5, 0.6) is 0 Å². The van der Waals surface area contributed by atoms with E-state index in [9.17, 15) is 14.0 Å². The van der Waals surface area contributed by atoms with Gasteiger partial charge in [-0.2, -0.15) is 4.68 Å². The van der Waals surface area contributed by atoms with Gasteiger partial charge in [-0.15, -0.1) is 17.5 Å². The summed E-state index contributed by atoms with van der Waals surface area (Å²) in [6.07, 6.45) is 0. The van der Waals surface area contributed by atoms with Crippen molar-refractivity contribution in [1.29, 1.82) is 0 Å². The molecule has 0 saturated heterocycles. The second-order valence-corrected chi connectivity index (χ2v) is 5.28. The standard InChI is InChI=1S/C14H17FN6O3.ClH/c1-8(14(23)24)20(3)7-13(22)16-12-6-10(4-5-11(12)15)21-9(2)17-18-19-21;/h4-6,8H,7H2,1-3H3,(H,16,22)(H,23,24);1H. The van der Waals surface area contributed by atoms with E-state index in [1.807, 2.05) is 0 Å². The number of carbonyl (C=O) groups is 2. The zero-order valence-electron chi connectivity index (χ0n) is 13.8. The summed E-state index contributed by atoms with van der Waals surface area (Å²) in [6.45, 7) is 2.95. The Hall–Kier alpha value is -2.59. The van der Waals surface area contributed by atoms with Gasteiger partial charge < -0.3 is 10.4 Å². The van der Waals surface area contributed by atoms with Crippen molar-refractivity contribution in [2.75, 3.05) is 18.9 Å². The first kappa shape index (κ1) is 20.5. The first-order valence-electron chi connectivity index (χ1n) is 7.07. The maximum absolute atomic E-state index is 13.9. The average molecular weight is 373 g/mol. The molecule has 1 heterocycles. The van der Waals surface area contributed by atoms with Gasteiger partial charge in [0.15, 0.2) is 5.82 Å². The zero-order valence-corrected chi connectivity index (χ0v) is 14.6. The van der Waals surface area contributed by atoms with Crippen molar-refractivity contribution < 1.29 is 19.1 Å². The van der Waals surface area contributed by atoms with Gasteiger partial charge in [-0.25, -0.2) is 4.39 Å². The zero-order chi connectivity index (χ0) is 17.9. The molecule has 2 rings (SSSR count). The lowest BCUT2D eigenvalue weighted by atomic mass is 10.2. The molecule has 25 heavy (non-hydrogen) atoms. The number of halogens is 2. The van der Waals surface area contributed by atoms with Crippen LogP contribution in [0.2, 0.25) is 0 Å². The molecule has 1 aromatic carbocycles. The molecule has 1 aromatic heterocycles. The molecule has 0 radical (unpaired) electrons. The van der Waals surface area contributed by atoms with E-state index in [-0.39, 0.29) is 24.6 Å². The van der Waals surface area contributed by atoms with Crippen molar-refractivity contribution in [3.8, 4) is 5.69 Å². The summed E-state index contributed by atoms with van der Waals surface area (Å²) < 4.78 is 15.3. The van der Waals surface area contributed by atoms with Crippen molar-refractivity contribution in [2.24, 2.45) is 0 Å². The first-order valence-corrected chi connectivity index (χ1v) is 7.07. The second kappa shape index (κ2) is 8.49. The Balaban J connectivity index is 0.00000312. The smallest absolute Gasteiger partial charge is 0.320 e. The van der Waals surface area contributed by atoms with Crippen LogP contribution in [-0.4, -0.2) is 61.7 Å². The quantitative estimate of drug-likeness (QED) is 0.773. The number of aliphatic carboxylic acids is 1. The number of carboxylic acids is 1. The highest BCUT2D eigenvalue weighted by Crippen LogP contribution is 2.19. The monoisotopic (exact) mass is 372 g/mol. The largest absolute Gasteiger partial charge is 0.480 e. The Labute approximate surface area is 149 Å². The summed E-state index contributed by atoms with van der Waals surface area (Å²) in [7, 11) is 1.50. The van der Waals surface area contributed by atoms with Crippen LogP contribution in [0, 0.1) is 12.7 Å². The van der Waals surface area contributed by atoms with E-state index in [1.165, 1.54) is 41.8 Å². The number of carbonyl (C=O) groups excluding carboxylic acids is 1. The molecule has 0 fully saturated rings. The lowest BCUT2D eigenvalue weighted by molar-refractivity contribution is -0.142. The highest BCUT2D eigenvalue weighted by atomic mass is 35.5. The van der Waals surface area contributed by atoms with Crippen molar-refractivity contribution in [2.45, 2.75) is 19.9 Å². The van der Waals surface area contributed by atoms with Crippen molar-refractivity contribution in [3.63, 3.8) is 0 Å². The van der Waals surface area contributed by atoms with E-state index in [2.05, 4.69) is 20.8 Å². The number of tetrazole rings is 1. The molecular formula is C14H18ClFN6O3. The Morgan fingerprint density at radius 3 is 2.68 bits per heavy atom. The lowest BCUT2D eigenvalue weighted by Crippen LogP contribution is -2.40. The van der Waals surface area contributed by atoms with Crippen LogP contribution >= 0.6 is 12.4 Å². The number of hydrogen-bond acceptors (Lipinski definition) is 6. The van der Waals surface area contributed by atoms with Crippen LogP contribution in [0.1, 0.15) is 12.7 Å². The minimum absolute atomic E-state index is 0. The van der Waals surface area contributed by atoms with Crippen LogP contribution in [0.3, 0.4) is 0 Å². The number of aryl methyl sites for hydroxylation is 1. The fraction of sp³-hybridized carbons (Fsp3) is 0.357. The first-order chi connectivity index (χ1) is 11.3. The molecule has 0 bridgehead atoms. The fourth-order valence-corrected chi connectivity index (χ4v) is 1.95. The van der Waals surface area contributed by atoms with E-state index in [0.717, 1.165) is 0 Å². The molecule has 2 N–H and O–H groups in total. The van der Waals surface area contributed by atoms with Gasteiger partial charge in [-0.05, 0) is 49.5 Å². The molecule has 1 atom stereocenters. The SMILES string of the molecule is Cc1nnnn1-c1ccc(F)c(NC(=O)CN(C)C(C)C(=O)O)c1.Cl. The molecule has 1 unspecified atom stereocenters. The summed E-state index contributed by atoms with van der Waals surface area (Å²) in [5, 5.41) is 22.4. The second-order valence-electron chi connectivity index (χ2n) is 5.28. The number of aromatic nitrogens is 4. The number of benzene rings is 1. The van der Waals surface area contributed by atoms with Crippen molar-refractivity contribution >= 4 is 30.0 Å². The van der Waals surface area contributed by atoms with Gasteiger partial charge in [0.1, 0.15) is 11.9 Å². The molecule has 0 aliphatic carbocycles. The predicted molar refractivity (Wildman–Crippen MR) is 89.5 cm³/mol. The number of likely N-dealkylation sites (N-methyl/N-ethyl adjacent to an activating group) is 1. The van der Waals surface area contributed by atoms with E-state index >= 15 is 0 Å². The number of rotatable bonds is 6. The number of hydrogen-bond donors (Lipinski definition) is 2. The number of anilines is 1. The van der Waals surface area contributed by atoms with Crippen LogP contribution < -0.4 is 5.32 Å². The molecular weight excluding hydrogens is 355 g/mol. The molecule has 0 aliphatic heterocycles. The number of nitrogens with one attached hydrogen (secondary N) is 1. The molecule has 0 aliphatic rings. The minimum Gasteiger partial charge on any atom is -0.480 e. The molecule has 11 heteroatoms. The van der Waals surface area contributed by atoms with Gasteiger partial charge in [-0.1, -0.05) is 0 Å². The Kier molecular flexibility index (Phi) is 6.95. The van der Waals surface area contributed by atoms with Crippen LogP contribution in [0.4, 0.5) is 10.1 Å². The summed E-state index contributed by atoms with van der Waals surface area (Å²) in [6, 6.07) is 3.23. The third-order valence-corrected chi connectivity index (χ3v) is 3.51. The number of nitrogens with zero attached hydrogens (tertiary/aromatic N) is 5. The third-order valence-electron chi connectivity index (χ3n) is 3.51. The normalized spacial score (nSPS) is 11.7. The summed E-state index contributed by atoms with van der Waals surface area (Å²) in [4.78, 5) is 24.2. The van der Waals surface area contributed by atoms with Crippen LogP contribution in [0.15, 0.2) is 18.2 Å². The van der Waals surface area contributed by atoms with Crippen molar-refractivity contribution in [1.82, 2.24) is 25.1 Å². The van der Waals surface area contributed by atoms with Crippen LogP contribution in [-0.2, 0) is 9.59 Å². The van der Waals surface area contributed by atoms with Gasteiger partial charge in [0, 0.05) is 0 Å². The third kappa shape index (κ3) is 4.94. The summed E-state index contributed by atoms with van der Waals surface area (Å²) in [5.41, 5.74) is 0.449. The molecule has 9 nitrogen and oxygen atoms in total. The van der Waals surface area contributed by atoms with Gasteiger partial charge >= 0.3 is 5.97 Å². The molecule has 136 valence electrons. The van der Waals surface area contributed by atoms with Gasteiger partial charge in [0.2, 0.25) is 5.91 Å². The van der Waals surface area contributed by atoms with Gasteiger partial charge in [-0.3, -0.25) is 14.5 Å². The topological polar surface area (TPSA) is 113 Å². The lowest BCUT2D eigenvalue weighted by Gasteiger charge is -2.20. The van der Waals surface area contributed by atoms with Gasteiger partial charge in [0.05, 0.1) is 17.9 Å². The van der Waals surface area contributed by atoms with E-state index in [1.54, 1.807) is 6.92 Å². The molecule has 2 aromatic rings. The minimum atomic E-state index is -1.05. The number of carboxylic acid groups (broad SMARTS) is 1. The molecule has 0 saturated carbocycles. The van der Waals surface area contributed by atoms with E-state index < -0.39 is 23.7 Å². The summed E-state index contributed by atoms with van der Waals surface area (Å²) >= 11 is 0. The maximum atomic E-state index is 13.9. The predicted octanol–water partition coefficient (Wildman–Crippen LogP) is 0.875. The molecule has 1 amide bonds. The van der Waals surface area contributed by atoms with E-state index in [4.69, 9.17) is 5.11 Å².